The van der Waals surface area contributed by atoms with Crippen LogP contribution in [0, 0.1) is 0 Å². The number of aromatic nitrogens is 1. The number of anilines is 2. The van der Waals surface area contributed by atoms with Crippen molar-refractivity contribution < 1.29 is 22.7 Å². The Morgan fingerprint density at radius 1 is 1.16 bits per heavy atom. The summed E-state index contributed by atoms with van der Waals surface area (Å²) < 4.78 is 46.2. The van der Waals surface area contributed by atoms with E-state index in [4.69, 9.17) is 16.3 Å². The zero-order valence-electron chi connectivity index (χ0n) is 12.4. The molecule has 0 spiro atoms. The number of alkyl halides is 3. The molecule has 2 amide bonds. The molecular weight excluding hydrogens is 359 g/mol. The van der Waals surface area contributed by atoms with E-state index in [1.807, 2.05) is 0 Å². The Morgan fingerprint density at radius 2 is 1.92 bits per heavy atom. The van der Waals surface area contributed by atoms with Gasteiger partial charge in [0.05, 0.1) is 23.7 Å². The van der Waals surface area contributed by atoms with Crippen LogP contribution < -0.4 is 9.64 Å². The fourth-order valence-corrected chi connectivity index (χ4v) is 3.20. The number of hydrogen-bond donors (Lipinski definition) is 0. The molecule has 25 heavy (non-hydrogen) atoms. The Hall–Kier alpha value is -2.74. The predicted molar refractivity (Wildman–Crippen MR) is 83.6 cm³/mol. The van der Waals surface area contributed by atoms with Gasteiger partial charge in [-0.15, -0.1) is 13.2 Å². The molecule has 0 N–H and O–H groups in total. The molecule has 9 heteroatoms. The number of halogens is 4. The van der Waals surface area contributed by atoms with E-state index in [9.17, 15) is 18.0 Å². The SMILES string of the molecule is O=C1N(c2cccnc2Cl)c2cccc3c2[C@H](C=CO3)N1C(F)(F)F. The van der Waals surface area contributed by atoms with Crippen LogP contribution in [0.2, 0.25) is 5.15 Å². The molecule has 0 saturated carbocycles. The molecule has 3 heterocycles. The van der Waals surface area contributed by atoms with Gasteiger partial charge in [-0.1, -0.05) is 17.7 Å². The molecule has 1 aromatic carbocycles. The van der Waals surface area contributed by atoms with Crippen molar-refractivity contribution in [2.75, 3.05) is 4.90 Å². The molecule has 128 valence electrons. The number of rotatable bonds is 1. The third kappa shape index (κ3) is 2.32. The minimum atomic E-state index is -4.89. The molecule has 0 aliphatic carbocycles. The predicted octanol–water partition coefficient (Wildman–Crippen LogP) is 4.78. The third-order valence-electron chi connectivity index (χ3n) is 3.96. The second-order valence-electron chi connectivity index (χ2n) is 5.35. The second kappa shape index (κ2) is 5.38. The van der Waals surface area contributed by atoms with Crippen LogP contribution in [0.25, 0.3) is 0 Å². The van der Waals surface area contributed by atoms with Crippen LogP contribution in [0.5, 0.6) is 5.75 Å². The van der Waals surface area contributed by atoms with Crippen molar-refractivity contribution in [3.05, 3.63) is 59.6 Å². The van der Waals surface area contributed by atoms with Crippen molar-refractivity contribution >= 4 is 29.0 Å². The monoisotopic (exact) mass is 367 g/mol. The number of pyridine rings is 1. The Kier molecular flexibility index (Phi) is 3.40. The fourth-order valence-electron chi connectivity index (χ4n) is 3.00. The molecule has 2 aromatic rings. The summed E-state index contributed by atoms with van der Waals surface area (Å²) in [6.07, 6.45) is -1.16. The highest BCUT2D eigenvalue weighted by Crippen LogP contribution is 2.50. The zero-order chi connectivity index (χ0) is 17.8. The number of amides is 2. The van der Waals surface area contributed by atoms with Gasteiger partial charge in [-0.3, -0.25) is 4.90 Å². The highest BCUT2D eigenvalue weighted by atomic mass is 35.5. The van der Waals surface area contributed by atoms with Gasteiger partial charge < -0.3 is 4.74 Å². The van der Waals surface area contributed by atoms with E-state index in [0.29, 0.717) is 0 Å². The Bertz CT molecular complexity index is 900. The van der Waals surface area contributed by atoms with Crippen LogP contribution >= 0.6 is 11.6 Å². The number of carbonyl (C=O) groups is 1. The first-order valence-electron chi connectivity index (χ1n) is 7.16. The largest absolute Gasteiger partial charge is 0.489 e. The second-order valence-corrected chi connectivity index (χ2v) is 5.71. The number of urea groups is 1. The molecule has 4 rings (SSSR count). The van der Waals surface area contributed by atoms with Gasteiger partial charge in [0, 0.05) is 11.8 Å². The molecule has 5 nitrogen and oxygen atoms in total. The lowest BCUT2D eigenvalue weighted by atomic mass is 9.97. The first-order chi connectivity index (χ1) is 11.9. The van der Waals surface area contributed by atoms with Gasteiger partial charge in [0.15, 0.2) is 5.15 Å². The Balaban J connectivity index is 2.00. The van der Waals surface area contributed by atoms with Gasteiger partial charge in [-0.05, 0) is 30.3 Å². The first-order valence-corrected chi connectivity index (χ1v) is 7.54. The summed E-state index contributed by atoms with van der Waals surface area (Å²) in [4.78, 5) is 17.4. The molecule has 1 aromatic heterocycles. The van der Waals surface area contributed by atoms with Crippen molar-refractivity contribution in [3.63, 3.8) is 0 Å². The van der Waals surface area contributed by atoms with Gasteiger partial charge in [0.25, 0.3) is 0 Å². The third-order valence-corrected chi connectivity index (χ3v) is 4.26. The molecular formula is C16H9ClF3N3O2. The minimum absolute atomic E-state index is 0.0600. The van der Waals surface area contributed by atoms with Crippen LogP contribution in [0.1, 0.15) is 11.6 Å². The molecule has 0 unspecified atom stereocenters. The molecule has 0 bridgehead atoms. The molecule has 1 atom stereocenters. The number of carbonyl (C=O) groups excluding carboxylic acids is 1. The van der Waals surface area contributed by atoms with Crippen LogP contribution in [-0.2, 0) is 0 Å². The standard InChI is InChI=1S/C16H9ClF3N3O2/c17-14-11(4-2-7-21-14)22-9-3-1-5-12-13(9)10(6-8-25-12)23(15(22)24)16(18,19)20/h1-8,10H/t10-/m0/s1. The lowest BCUT2D eigenvalue weighted by Crippen LogP contribution is -2.53. The van der Waals surface area contributed by atoms with Crippen molar-refractivity contribution in [2.24, 2.45) is 0 Å². The number of nitrogens with zero attached hydrogens (tertiary/aromatic N) is 3. The zero-order valence-corrected chi connectivity index (χ0v) is 13.1. The number of benzene rings is 1. The summed E-state index contributed by atoms with van der Waals surface area (Å²) >= 11 is 6.03. The van der Waals surface area contributed by atoms with Crippen LogP contribution in [0.3, 0.4) is 0 Å². The highest BCUT2D eigenvalue weighted by Gasteiger charge is 2.53. The van der Waals surface area contributed by atoms with Gasteiger partial charge in [0.2, 0.25) is 0 Å². The molecule has 0 fully saturated rings. The van der Waals surface area contributed by atoms with Gasteiger partial charge in [-0.2, -0.15) is 0 Å². The topological polar surface area (TPSA) is 45.7 Å². The Morgan fingerprint density at radius 3 is 2.64 bits per heavy atom. The van der Waals surface area contributed by atoms with Crippen LogP contribution in [-0.4, -0.2) is 22.2 Å². The molecule has 2 aliphatic rings. The minimum Gasteiger partial charge on any atom is -0.465 e. The van der Waals surface area contributed by atoms with Crippen molar-refractivity contribution in [3.8, 4) is 5.75 Å². The molecule has 0 radical (unpaired) electrons. The summed E-state index contributed by atoms with van der Waals surface area (Å²) in [5.41, 5.74) is 0.568. The summed E-state index contributed by atoms with van der Waals surface area (Å²) in [6.45, 7) is 0. The summed E-state index contributed by atoms with van der Waals surface area (Å²) in [7, 11) is 0. The van der Waals surface area contributed by atoms with E-state index in [1.165, 1.54) is 24.4 Å². The van der Waals surface area contributed by atoms with Gasteiger partial charge in [0.1, 0.15) is 5.75 Å². The maximum atomic E-state index is 13.6. The lowest BCUT2D eigenvalue weighted by molar-refractivity contribution is -0.232. The van der Waals surface area contributed by atoms with E-state index in [0.717, 1.165) is 11.2 Å². The smallest absolute Gasteiger partial charge is 0.465 e. The fraction of sp³-hybridized carbons (Fsp3) is 0.125. The van der Waals surface area contributed by atoms with Gasteiger partial charge >= 0.3 is 12.3 Å². The van der Waals surface area contributed by atoms with Crippen LogP contribution in [0.4, 0.5) is 29.3 Å². The maximum Gasteiger partial charge on any atom is 0.489 e. The normalized spacial score (nSPS) is 18.9. The average molecular weight is 368 g/mol. The molecule has 0 saturated heterocycles. The maximum absolute atomic E-state index is 13.6. The summed E-state index contributed by atoms with van der Waals surface area (Å²) in [5.74, 6) is 0.247. The highest BCUT2D eigenvalue weighted by molar-refractivity contribution is 6.33. The van der Waals surface area contributed by atoms with E-state index in [-0.39, 0.29) is 32.7 Å². The van der Waals surface area contributed by atoms with Crippen molar-refractivity contribution in [1.82, 2.24) is 9.88 Å². The Labute approximate surface area is 144 Å². The average Bonchev–Trinajstić information content (AvgIpc) is 2.55. The van der Waals surface area contributed by atoms with Crippen molar-refractivity contribution in [2.45, 2.75) is 12.3 Å². The van der Waals surface area contributed by atoms with E-state index >= 15 is 0 Å². The van der Waals surface area contributed by atoms with Crippen LogP contribution in [0.15, 0.2) is 48.9 Å². The van der Waals surface area contributed by atoms with E-state index in [1.54, 1.807) is 18.2 Å². The van der Waals surface area contributed by atoms with Crippen molar-refractivity contribution in [1.29, 1.82) is 0 Å². The quantitative estimate of drug-likeness (QED) is 0.538. The lowest BCUT2D eigenvalue weighted by Gasteiger charge is -2.43. The molecule has 2 aliphatic heterocycles. The number of hydrogen-bond acceptors (Lipinski definition) is 3. The summed E-state index contributed by atoms with van der Waals surface area (Å²) in [6, 6.07) is 5.04. The number of ether oxygens (including phenoxy) is 1. The van der Waals surface area contributed by atoms with Gasteiger partial charge in [-0.25, -0.2) is 14.7 Å². The van der Waals surface area contributed by atoms with E-state index < -0.39 is 18.4 Å². The van der Waals surface area contributed by atoms with E-state index in [2.05, 4.69) is 4.98 Å². The first kappa shape index (κ1) is 15.8. The summed E-state index contributed by atoms with van der Waals surface area (Å²) in [5, 5.41) is -0.0821.